The largest absolute Gasteiger partial charge is 0.619 e. The second kappa shape index (κ2) is 7.47. The summed E-state index contributed by atoms with van der Waals surface area (Å²) < 4.78 is 28.2. The van der Waals surface area contributed by atoms with Crippen LogP contribution in [0, 0.1) is 22.3 Å². The molecule has 2 aliphatic rings. The average molecular weight is 387 g/mol. The number of aromatic nitrogens is 1. The van der Waals surface area contributed by atoms with E-state index in [0.717, 1.165) is 38.4 Å². The van der Waals surface area contributed by atoms with Crippen molar-refractivity contribution in [1.82, 2.24) is 9.80 Å². The standard InChI is InChI=1S/C21H23F2N3O2/c22-18-6-1-4-16(19(18)23)12-24-9-3-7-21(14-24)8-11-25(15-21)20(27)17-5-2-10-26(28)13-17/h1-2,4-6,10,13H,3,7-9,11-12,14-15H2/t21-/m0/s1. The lowest BCUT2D eigenvalue weighted by Gasteiger charge is -2.40. The molecule has 3 heterocycles. The third kappa shape index (κ3) is 3.71. The van der Waals surface area contributed by atoms with Crippen molar-refractivity contribution >= 4 is 5.91 Å². The van der Waals surface area contributed by atoms with E-state index in [0.29, 0.717) is 35.5 Å². The van der Waals surface area contributed by atoms with Gasteiger partial charge in [-0.2, -0.15) is 4.73 Å². The highest BCUT2D eigenvalue weighted by Crippen LogP contribution is 2.39. The maximum Gasteiger partial charge on any atom is 0.259 e. The van der Waals surface area contributed by atoms with Crippen molar-refractivity contribution in [2.45, 2.75) is 25.8 Å². The number of benzene rings is 1. The van der Waals surface area contributed by atoms with Crippen molar-refractivity contribution in [3.8, 4) is 0 Å². The molecular formula is C21H23F2N3O2. The highest BCUT2D eigenvalue weighted by Gasteiger charge is 2.43. The first-order valence-electron chi connectivity index (χ1n) is 9.59. The van der Waals surface area contributed by atoms with E-state index in [4.69, 9.17) is 0 Å². The van der Waals surface area contributed by atoms with E-state index in [2.05, 4.69) is 4.90 Å². The summed E-state index contributed by atoms with van der Waals surface area (Å²) in [5.41, 5.74) is 0.733. The molecule has 1 atom stereocenters. The fourth-order valence-corrected chi connectivity index (χ4v) is 4.56. The first-order chi connectivity index (χ1) is 13.5. The zero-order valence-corrected chi connectivity index (χ0v) is 15.6. The molecule has 0 aliphatic carbocycles. The molecule has 28 heavy (non-hydrogen) atoms. The molecular weight excluding hydrogens is 364 g/mol. The molecule has 1 amide bonds. The van der Waals surface area contributed by atoms with Crippen molar-refractivity contribution in [1.29, 1.82) is 0 Å². The summed E-state index contributed by atoms with van der Waals surface area (Å²) in [4.78, 5) is 16.7. The summed E-state index contributed by atoms with van der Waals surface area (Å²) >= 11 is 0. The number of carbonyl (C=O) groups excluding carboxylic acids is 1. The zero-order valence-electron chi connectivity index (χ0n) is 15.6. The van der Waals surface area contributed by atoms with Gasteiger partial charge in [0.15, 0.2) is 24.0 Å². The first-order valence-corrected chi connectivity index (χ1v) is 9.59. The van der Waals surface area contributed by atoms with Gasteiger partial charge in [-0.25, -0.2) is 8.78 Å². The molecule has 5 nitrogen and oxygen atoms in total. The topological polar surface area (TPSA) is 50.5 Å². The maximum atomic E-state index is 14.0. The van der Waals surface area contributed by atoms with Crippen LogP contribution in [0.25, 0.3) is 0 Å². The number of likely N-dealkylation sites (tertiary alicyclic amines) is 2. The fourth-order valence-electron chi connectivity index (χ4n) is 4.56. The Hall–Kier alpha value is -2.54. The number of carbonyl (C=O) groups is 1. The molecule has 0 bridgehead atoms. The minimum Gasteiger partial charge on any atom is -0.619 e. The van der Waals surface area contributed by atoms with Crippen molar-refractivity contribution in [3.63, 3.8) is 0 Å². The third-order valence-electron chi connectivity index (χ3n) is 5.91. The summed E-state index contributed by atoms with van der Waals surface area (Å²) in [5.74, 6) is -1.73. The Labute approximate surface area is 162 Å². The lowest BCUT2D eigenvalue weighted by atomic mass is 9.79. The quantitative estimate of drug-likeness (QED) is 0.601. The summed E-state index contributed by atoms with van der Waals surface area (Å²) in [7, 11) is 0. The molecule has 0 N–H and O–H groups in total. The normalized spacial score (nSPS) is 22.7. The van der Waals surface area contributed by atoms with Crippen LogP contribution in [0.1, 0.15) is 35.2 Å². The Balaban J connectivity index is 1.44. The van der Waals surface area contributed by atoms with Gasteiger partial charge in [0, 0.05) is 43.2 Å². The number of halogens is 2. The van der Waals surface area contributed by atoms with Crippen LogP contribution in [0.5, 0.6) is 0 Å². The molecule has 1 aromatic carbocycles. The summed E-state index contributed by atoms with van der Waals surface area (Å²) in [6.45, 7) is 3.23. The molecule has 0 unspecified atom stereocenters. The first kappa shape index (κ1) is 18.8. The lowest BCUT2D eigenvalue weighted by molar-refractivity contribution is -0.605. The molecule has 2 saturated heterocycles. The Bertz CT molecular complexity index is 892. The summed E-state index contributed by atoms with van der Waals surface area (Å²) in [6, 6.07) is 7.51. The molecule has 2 aromatic rings. The van der Waals surface area contributed by atoms with E-state index in [1.807, 2.05) is 4.90 Å². The van der Waals surface area contributed by atoms with E-state index in [9.17, 15) is 18.8 Å². The highest BCUT2D eigenvalue weighted by atomic mass is 19.2. The van der Waals surface area contributed by atoms with Gasteiger partial charge in [0.25, 0.3) is 5.91 Å². The predicted molar refractivity (Wildman–Crippen MR) is 99.2 cm³/mol. The Morgan fingerprint density at radius 2 is 2.00 bits per heavy atom. The van der Waals surface area contributed by atoms with Gasteiger partial charge < -0.3 is 10.1 Å². The molecule has 0 saturated carbocycles. The van der Waals surface area contributed by atoms with Crippen LogP contribution in [-0.2, 0) is 6.54 Å². The molecule has 1 spiro atoms. The van der Waals surface area contributed by atoms with E-state index >= 15 is 0 Å². The van der Waals surface area contributed by atoms with Crippen LogP contribution in [0.2, 0.25) is 0 Å². The number of piperidine rings is 1. The Morgan fingerprint density at radius 1 is 1.14 bits per heavy atom. The van der Waals surface area contributed by atoms with Gasteiger partial charge in [-0.15, -0.1) is 0 Å². The fraction of sp³-hybridized carbons (Fsp3) is 0.429. The van der Waals surface area contributed by atoms with E-state index in [1.165, 1.54) is 18.5 Å². The van der Waals surface area contributed by atoms with Gasteiger partial charge in [0.2, 0.25) is 0 Å². The molecule has 148 valence electrons. The number of nitrogens with zero attached hydrogens (tertiary/aromatic N) is 3. The van der Waals surface area contributed by atoms with Gasteiger partial charge in [0.05, 0.1) is 0 Å². The van der Waals surface area contributed by atoms with Crippen LogP contribution in [0.4, 0.5) is 8.78 Å². The van der Waals surface area contributed by atoms with Gasteiger partial charge in [-0.3, -0.25) is 9.69 Å². The minimum absolute atomic E-state index is 0.0278. The van der Waals surface area contributed by atoms with E-state index in [-0.39, 0.29) is 11.3 Å². The smallest absolute Gasteiger partial charge is 0.259 e. The predicted octanol–water partition coefficient (Wildman–Crippen LogP) is 2.73. The summed E-state index contributed by atoms with van der Waals surface area (Å²) in [6.07, 6.45) is 5.51. The van der Waals surface area contributed by atoms with Crippen LogP contribution < -0.4 is 4.73 Å². The third-order valence-corrected chi connectivity index (χ3v) is 5.91. The zero-order chi connectivity index (χ0) is 19.7. The Kier molecular flexibility index (Phi) is 5.02. The second-order valence-electron chi connectivity index (χ2n) is 7.96. The van der Waals surface area contributed by atoms with Crippen molar-refractivity contribution in [2.24, 2.45) is 5.41 Å². The molecule has 4 rings (SSSR count). The van der Waals surface area contributed by atoms with Crippen LogP contribution in [0.15, 0.2) is 42.7 Å². The van der Waals surface area contributed by atoms with Crippen molar-refractivity contribution in [3.05, 3.63) is 70.7 Å². The minimum atomic E-state index is -0.819. The number of hydrogen-bond donors (Lipinski definition) is 0. The summed E-state index contributed by atoms with van der Waals surface area (Å²) in [5, 5.41) is 11.5. The number of pyridine rings is 1. The molecule has 1 aromatic heterocycles. The Morgan fingerprint density at radius 3 is 2.82 bits per heavy atom. The highest BCUT2D eigenvalue weighted by molar-refractivity contribution is 5.93. The van der Waals surface area contributed by atoms with Crippen LogP contribution in [-0.4, -0.2) is 41.9 Å². The lowest BCUT2D eigenvalue weighted by Crippen LogP contribution is -2.45. The SMILES string of the molecule is O=C(c1ccc[n+]([O-])c1)N1CC[C@]2(CCCN(Cc3cccc(F)c3F)C2)C1. The van der Waals surface area contributed by atoms with Crippen LogP contribution >= 0.6 is 0 Å². The van der Waals surface area contributed by atoms with Crippen molar-refractivity contribution < 1.29 is 18.3 Å². The van der Waals surface area contributed by atoms with Gasteiger partial charge in [-0.05, 0) is 37.9 Å². The molecule has 2 aliphatic heterocycles. The van der Waals surface area contributed by atoms with Gasteiger partial charge in [0.1, 0.15) is 5.56 Å². The number of rotatable bonds is 3. The van der Waals surface area contributed by atoms with Gasteiger partial charge in [-0.1, -0.05) is 12.1 Å². The monoisotopic (exact) mass is 387 g/mol. The van der Waals surface area contributed by atoms with E-state index in [1.54, 1.807) is 18.2 Å². The average Bonchev–Trinajstić information content (AvgIpc) is 3.08. The second-order valence-corrected chi connectivity index (χ2v) is 7.96. The molecule has 7 heteroatoms. The van der Waals surface area contributed by atoms with Gasteiger partial charge >= 0.3 is 0 Å². The number of hydrogen-bond acceptors (Lipinski definition) is 3. The molecule has 2 fully saturated rings. The maximum absolute atomic E-state index is 14.0. The number of amides is 1. The molecule has 0 radical (unpaired) electrons. The van der Waals surface area contributed by atoms with E-state index < -0.39 is 11.6 Å². The van der Waals surface area contributed by atoms with Crippen molar-refractivity contribution in [2.75, 3.05) is 26.2 Å². The van der Waals surface area contributed by atoms with Crippen LogP contribution in [0.3, 0.4) is 0 Å².